The van der Waals surface area contributed by atoms with Crippen LogP contribution in [-0.2, 0) is 0 Å². The number of methoxy groups -OCH3 is 2. The minimum Gasteiger partial charge on any atom is -0.493 e. The molecule has 1 rings (SSSR count). The fraction of sp³-hybridized carbons (Fsp3) is 0.650. The quantitative estimate of drug-likeness (QED) is 0.227. The highest BCUT2D eigenvalue weighted by Crippen LogP contribution is 2.31. The molecule has 0 radical (unpaired) electrons. The minimum atomic E-state index is 0. The molecule has 156 valence electrons. The normalized spacial score (nSPS) is 12.6. The average molecular weight is 492 g/mol. The lowest BCUT2D eigenvalue weighted by atomic mass is 10.1. The summed E-state index contributed by atoms with van der Waals surface area (Å²) in [6.07, 6.45) is 2.36. The fourth-order valence-electron chi connectivity index (χ4n) is 2.79. The first kappa shape index (κ1) is 25.8. The van der Waals surface area contributed by atoms with Crippen molar-refractivity contribution in [2.45, 2.75) is 32.7 Å². The van der Waals surface area contributed by atoms with Crippen LogP contribution in [0, 0.1) is 5.92 Å². The van der Waals surface area contributed by atoms with Crippen LogP contribution in [0.3, 0.4) is 0 Å². The number of halogens is 1. The minimum absolute atomic E-state index is 0. The van der Waals surface area contributed by atoms with E-state index in [1.807, 2.05) is 12.1 Å². The van der Waals surface area contributed by atoms with E-state index < -0.39 is 0 Å². The van der Waals surface area contributed by atoms with E-state index in [1.54, 1.807) is 21.3 Å². The lowest BCUT2D eigenvalue weighted by Gasteiger charge is -2.26. The number of hydrogen-bond acceptors (Lipinski definition) is 4. The molecule has 1 aromatic carbocycles. The summed E-state index contributed by atoms with van der Waals surface area (Å²) in [7, 11) is 9.26. The van der Waals surface area contributed by atoms with E-state index >= 15 is 0 Å². The molecule has 0 fully saturated rings. The second kappa shape index (κ2) is 13.9. The monoisotopic (exact) mass is 492 g/mol. The maximum Gasteiger partial charge on any atom is 0.191 e. The van der Waals surface area contributed by atoms with Gasteiger partial charge in [0, 0.05) is 20.1 Å². The molecule has 0 aliphatic carbocycles. The molecule has 2 N–H and O–H groups in total. The third-order valence-corrected chi connectivity index (χ3v) is 4.35. The predicted molar refractivity (Wildman–Crippen MR) is 125 cm³/mol. The van der Waals surface area contributed by atoms with E-state index in [9.17, 15) is 0 Å². The summed E-state index contributed by atoms with van der Waals surface area (Å²) in [6, 6.07) is 6.24. The van der Waals surface area contributed by atoms with Gasteiger partial charge in [-0.15, -0.1) is 24.0 Å². The van der Waals surface area contributed by atoms with Gasteiger partial charge in [-0.2, -0.15) is 0 Å². The van der Waals surface area contributed by atoms with Crippen molar-refractivity contribution in [2.75, 3.05) is 48.5 Å². The molecule has 0 amide bonds. The Hall–Kier alpha value is -1.22. The highest BCUT2D eigenvalue weighted by molar-refractivity contribution is 14.0. The number of guanidine groups is 1. The SMILES string of the molecule is CN=C(NCCCC(C)C)NCC(c1ccc(OC)c(OC)c1)N(C)C.I. The number of hydrogen-bond donors (Lipinski definition) is 2. The Morgan fingerprint density at radius 1 is 1.11 bits per heavy atom. The van der Waals surface area contributed by atoms with Crippen LogP contribution in [0.1, 0.15) is 38.3 Å². The number of aliphatic imine (C=N–C) groups is 1. The van der Waals surface area contributed by atoms with Gasteiger partial charge in [-0.25, -0.2) is 0 Å². The number of ether oxygens (including phenoxy) is 2. The van der Waals surface area contributed by atoms with Crippen LogP contribution in [0.5, 0.6) is 11.5 Å². The first-order valence-electron chi connectivity index (χ1n) is 9.25. The molecule has 1 aromatic rings. The van der Waals surface area contributed by atoms with Crippen LogP contribution in [0.2, 0.25) is 0 Å². The third-order valence-electron chi connectivity index (χ3n) is 4.35. The van der Waals surface area contributed by atoms with Crippen LogP contribution in [0.4, 0.5) is 0 Å². The van der Waals surface area contributed by atoms with Crippen molar-refractivity contribution >= 4 is 29.9 Å². The van der Waals surface area contributed by atoms with E-state index in [-0.39, 0.29) is 30.0 Å². The molecule has 0 aliphatic rings. The third kappa shape index (κ3) is 9.01. The average Bonchev–Trinajstić information content (AvgIpc) is 2.62. The Kier molecular flexibility index (Phi) is 13.2. The number of nitrogens with zero attached hydrogens (tertiary/aromatic N) is 2. The summed E-state index contributed by atoms with van der Waals surface area (Å²) in [6.45, 7) is 6.17. The zero-order chi connectivity index (χ0) is 19.5. The first-order chi connectivity index (χ1) is 12.4. The van der Waals surface area contributed by atoms with E-state index in [0.717, 1.165) is 48.5 Å². The summed E-state index contributed by atoms with van der Waals surface area (Å²) >= 11 is 0. The Labute approximate surface area is 182 Å². The molecule has 1 unspecified atom stereocenters. The van der Waals surface area contributed by atoms with Crippen molar-refractivity contribution in [3.63, 3.8) is 0 Å². The van der Waals surface area contributed by atoms with E-state index in [1.165, 1.54) is 6.42 Å². The lowest BCUT2D eigenvalue weighted by molar-refractivity contribution is 0.295. The first-order valence-corrected chi connectivity index (χ1v) is 9.25. The zero-order valence-electron chi connectivity index (χ0n) is 17.8. The highest BCUT2D eigenvalue weighted by Gasteiger charge is 2.17. The standard InChI is InChI=1S/C20H36N4O2.HI/c1-15(2)9-8-12-22-20(21-3)23-14-17(24(4)5)16-10-11-18(25-6)19(13-16)26-7;/h10-11,13,15,17H,8-9,12,14H2,1-7H3,(H2,21,22,23);1H. The largest absolute Gasteiger partial charge is 0.493 e. The molecule has 0 aliphatic heterocycles. The van der Waals surface area contributed by atoms with Crippen LogP contribution in [0.15, 0.2) is 23.2 Å². The molecular formula is C20H37IN4O2. The highest BCUT2D eigenvalue weighted by atomic mass is 127. The molecule has 0 saturated heterocycles. The van der Waals surface area contributed by atoms with Gasteiger partial charge in [0.1, 0.15) is 0 Å². The van der Waals surface area contributed by atoms with Crippen LogP contribution < -0.4 is 20.1 Å². The Bertz CT molecular complexity index is 565. The van der Waals surface area contributed by atoms with E-state index in [2.05, 4.69) is 54.5 Å². The summed E-state index contributed by atoms with van der Waals surface area (Å²) in [5, 5.41) is 6.82. The van der Waals surface area contributed by atoms with Gasteiger partial charge in [-0.3, -0.25) is 4.99 Å². The van der Waals surface area contributed by atoms with Gasteiger partial charge in [0.2, 0.25) is 0 Å². The summed E-state index contributed by atoms with van der Waals surface area (Å²) in [5.74, 6) is 3.05. The van der Waals surface area contributed by atoms with Gasteiger partial charge >= 0.3 is 0 Å². The molecule has 1 atom stereocenters. The molecule has 0 bridgehead atoms. The number of nitrogens with one attached hydrogen (secondary N) is 2. The zero-order valence-corrected chi connectivity index (χ0v) is 20.2. The van der Waals surface area contributed by atoms with Crippen molar-refractivity contribution in [3.8, 4) is 11.5 Å². The number of rotatable bonds is 10. The maximum absolute atomic E-state index is 5.44. The van der Waals surface area contributed by atoms with Gasteiger partial charge in [0.05, 0.1) is 20.3 Å². The molecule has 0 heterocycles. The Morgan fingerprint density at radius 2 is 1.78 bits per heavy atom. The smallest absolute Gasteiger partial charge is 0.191 e. The summed E-state index contributed by atoms with van der Waals surface area (Å²) in [4.78, 5) is 6.50. The van der Waals surface area contributed by atoms with Crippen molar-refractivity contribution in [1.82, 2.24) is 15.5 Å². The molecule has 0 spiro atoms. The van der Waals surface area contributed by atoms with Gasteiger partial charge in [0.25, 0.3) is 0 Å². The molecule has 6 nitrogen and oxygen atoms in total. The van der Waals surface area contributed by atoms with Gasteiger partial charge < -0.3 is 25.0 Å². The van der Waals surface area contributed by atoms with Crippen LogP contribution >= 0.6 is 24.0 Å². The van der Waals surface area contributed by atoms with Crippen molar-refractivity contribution in [3.05, 3.63) is 23.8 Å². The van der Waals surface area contributed by atoms with E-state index in [4.69, 9.17) is 9.47 Å². The molecule has 7 heteroatoms. The lowest BCUT2D eigenvalue weighted by Crippen LogP contribution is -2.42. The van der Waals surface area contributed by atoms with Gasteiger partial charge in [-0.05, 0) is 50.6 Å². The van der Waals surface area contributed by atoms with Crippen molar-refractivity contribution in [2.24, 2.45) is 10.9 Å². The number of benzene rings is 1. The Morgan fingerprint density at radius 3 is 2.30 bits per heavy atom. The van der Waals surface area contributed by atoms with Crippen molar-refractivity contribution in [1.29, 1.82) is 0 Å². The second-order valence-corrected chi connectivity index (χ2v) is 7.01. The van der Waals surface area contributed by atoms with Gasteiger partial charge in [0.15, 0.2) is 17.5 Å². The molecule has 0 saturated carbocycles. The summed E-state index contributed by atoms with van der Waals surface area (Å²) in [5.41, 5.74) is 1.16. The van der Waals surface area contributed by atoms with Gasteiger partial charge in [-0.1, -0.05) is 19.9 Å². The second-order valence-electron chi connectivity index (χ2n) is 7.01. The molecule has 0 aromatic heterocycles. The molecule has 27 heavy (non-hydrogen) atoms. The maximum atomic E-state index is 5.44. The van der Waals surface area contributed by atoms with Crippen LogP contribution in [0.25, 0.3) is 0 Å². The topological polar surface area (TPSA) is 58.1 Å². The molecular weight excluding hydrogens is 455 g/mol. The predicted octanol–water partition coefficient (Wildman–Crippen LogP) is 3.53. The van der Waals surface area contributed by atoms with Crippen molar-refractivity contribution < 1.29 is 9.47 Å². The number of likely N-dealkylation sites (N-methyl/N-ethyl adjacent to an activating group) is 1. The van der Waals surface area contributed by atoms with Crippen LogP contribution in [-0.4, -0.2) is 59.3 Å². The van der Waals surface area contributed by atoms with E-state index in [0.29, 0.717) is 0 Å². The summed E-state index contributed by atoms with van der Waals surface area (Å²) < 4.78 is 10.8. The Balaban J connectivity index is 0.00000676. The fourth-order valence-corrected chi connectivity index (χ4v) is 2.79.